The van der Waals surface area contributed by atoms with E-state index in [1.165, 1.54) is 73.9 Å². The Kier molecular flexibility index (Phi) is 11.4. The Morgan fingerprint density at radius 2 is 1.46 bits per heavy atom. The van der Waals surface area contributed by atoms with E-state index in [9.17, 15) is 0 Å². The van der Waals surface area contributed by atoms with Gasteiger partial charge in [0.25, 0.3) is 0 Å². The maximum absolute atomic E-state index is 6.42. The molecule has 2 nitrogen and oxygen atoms in total. The van der Waals surface area contributed by atoms with Crippen molar-refractivity contribution in [1.29, 1.82) is 0 Å². The predicted molar refractivity (Wildman–Crippen MR) is 135 cm³/mol. The third kappa shape index (κ3) is 8.54. The van der Waals surface area contributed by atoms with Crippen LogP contribution in [-0.4, -0.2) is 31.8 Å². The molecule has 0 radical (unpaired) electrons. The van der Waals surface area contributed by atoms with Crippen LogP contribution < -0.4 is 0 Å². The van der Waals surface area contributed by atoms with Crippen LogP contribution in [0.5, 0.6) is 0 Å². The van der Waals surface area contributed by atoms with Crippen molar-refractivity contribution in [2.75, 3.05) is 18.5 Å². The van der Waals surface area contributed by atoms with Crippen LogP contribution in [0.3, 0.4) is 0 Å². The molecule has 1 heterocycles. The van der Waals surface area contributed by atoms with Crippen molar-refractivity contribution in [1.82, 2.24) is 4.98 Å². The van der Waals surface area contributed by atoms with Gasteiger partial charge in [-0.3, -0.25) is 0 Å². The fourth-order valence-corrected chi connectivity index (χ4v) is 11.1. The summed E-state index contributed by atoms with van der Waals surface area (Å²) in [6.07, 6.45) is 14.0. The summed E-state index contributed by atoms with van der Waals surface area (Å²) in [6.45, 7) is 19.3. The Hall–Kier alpha value is 0.237. The molecule has 0 saturated carbocycles. The number of nitrogens with zero attached hydrogens (tertiary/aromatic N) is 1. The molecule has 0 aliphatic carbocycles. The molecule has 0 aliphatic heterocycles. The second-order valence-corrected chi connectivity index (χ2v) is 20.9. The van der Waals surface area contributed by atoms with Crippen LogP contribution >= 0.6 is 18.6 Å². The molecule has 0 bridgehead atoms. The minimum atomic E-state index is -1.70. The van der Waals surface area contributed by atoms with Crippen LogP contribution in [0.2, 0.25) is 18.1 Å². The molecule has 1 aromatic heterocycles. The first kappa shape index (κ1) is 26.3. The normalized spacial score (nSPS) is 13.9. The Labute approximate surface area is 181 Å². The third-order valence-corrected chi connectivity index (χ3v) is 17.4. The second kappa shape index (κ2) is 12.2. The average molecular weight is 446 g/mol. The summed E-state index contributed by atoms with van der Waals surface area (Å²) in [5, 5.41) is 3.79. The molecule has 0 fully saturated rings. The van der Waals surface area contributed by atoms with Crippen molar-refractivity contribution in [3.8, 4) is 0 Å². The summed E-state index contributed by atoms with van der Waals surface area (Å²) >= 11 is 1.82. The molecule has 1 aromatic rings. The molecule has 28 heavy (non-hydrogen) atoms. The van der Waals surface area contributed by atoms with E-state index in [1.807, 2.05) is 11.3 Å². The zero-order valence-corrected chi connectivity index (χ0v) is 22.9. The van der Waals surface area contributed by atoms with E-state index < -0.39 is 15.6 Å². The van der Waals surface area contributed by atoms with E-state index >= 15 is 0 Å². The van der Waals surface area contributed by atoms with Crippen molar-refractivity contribution >= 4 is 26.9 Å². The van der Waals surface area contributed by atoms with E-state index in [-0.39, 0.29) is 5.04 Å². The van der Waals surface area contributed by atoms with Crippen molar-refractivity contribution in [2.45, 2.75) is 111 Å². The van der Waals surface area contributed by atoms with Crippen molar-refractivity contribution in [2.24, 2.45) is 0 Å². The maximum atomic E-state index is 6.42. The van der Waals surface area contributed by atoms with Crippen LogP contribution in [-0.2, 0) is 17.2 Å². The molecule has 0 aliphatic rings. The van der Waals surface area contributed by atoms with Gasteiger partial charge in [0.15, 0.2) is 0 Å². The number of rotatable bonds is 14. The molecule has 166 valence electrons. The van der Waals surface area contributed by atoms with Gasteiger partial charge in [0.05, 0.1) is 0 Å². The Bertz CT molecular complexity index is 531. The average Bonchev–Trinajstić information content (AvgIpc) is 3.07. The van der Waals surface area contributed by atoms with E-state index in [0.717, 1.165) is 0 Å². The van der Waals surface area contributed by atoms with Gasteiger partial charge in [-0.15, -0.1) is 0 Å². The molecule has 0 amide bonds. The van der Waals surface area contributed by atoms with Gasteiger partial charge in [-0.25, -0.2) is 0 Å². The molecule has 0 aromatic carbocycles. The van der Waals surface area contributed by atoms with Crippen LogP contribution in [0.15, 0.2) is 5.38 Å². The SMILES string of the molecule is CCCC[PH](CCCC)(CCCC)Cc1csc(CO[Si](C)(C)C(C)(C)C)n1. The summed E-state index contributed by atoms with van der Waals surface area (Å²) in [5.41, 5.74) is 1.37. The number of thiazole rings is 1. The van der Waals surface area contributed by atoms with Crippen molar-refractivity contribution in [3.05, 3.63) is 16.1 Å². The first-order chi connectivity index (χ1) is 13.1. The molecule has 0 unspecified atom stereocenters. The van der Waals surface area contributed by atoms with Crippen molar-refractivity contribution < 1.29 is 4.43 Å². The molecule has 0 N–H and O–H groups in total. The van der Waals surface area contributed by atoms with Crippen LogP contribution in [0.25, 0.3) is 0 Å². The predicted octanol–water partition coefficient (Wildman–Crippen LogP) is 8.32. The fraction of sp³-hybridized carbons (Fsp3) is 0.870. The van der Waals surface area contributed by atoms with E-state index in [2.05, 4.69) is 60.0 Å². The van der Waals surface area contributed by atoms with E-state index in [0.29, 0.717) is 6.61 Å². The summed E-state index contributed by atoms with van der Waals surface area (Å²) in [4.78, 5) is 5.05. The summed E-state index contributed by atoms with van der Waals surface area (Å²) < 4.78 is 6.42. The van der Waals surface area contributed by atoms with Crippen LogP contribution in [0.1, 0.15) is 90.8 Å². The van der Waals surface area contributed by atoms with Crippen molar-refractivity contribution in [3.63, 3.8) is 0 Å². The summed E-state index contributed by atoms with van der Waals surface area (Å²) in [6, 6.07) is 0. The van der Waals surface area contributed by atoms with Crippen LogP contribution in [0.4, 0.5) is 0 Å². The van der Waals surface area contributed by atoms with Gasteiger partial charge in [-0.1, -0.05) is 0 Å². The first-order valence-corrected chi connectivity index (χ1v) is 18.3. The molecule has 1 rings (SSSR count). The monoisotopic (exact) mass is 445 g/mol. The summed E-state index contributed by atoms with van der Waals surface area (Å²) in [5.74, 6) is 0. The number of hydrogen-bond acceptors (Lipinski definition) is 3. The Morgan fingerprint density at radius 1 is 0.964 bits per heavy atom. The molecule has 0 atom stereocenters. The molecular weight excluding hydrogens is 397 g/mol. The quantitative estimate of drug-likeness (QED) is 0.212. The fourth-order valence-electron chi connectivity index (χ4n) is 3.63. The van der Waals surface area contributed by atoms with Gasteiger partial charge in [-0.05, 0) is 0 Å². The topological polar surface area (TPSA) is 22.1 Å². The minimum absolute atomic E-state index is 0.260. The van der Waals surface area contributed by atoms with Gasteiger partial charge < -0.3 is 0 Å². The zero-order valence-electron chi connectivity index (χ0n) is 20.1. The van der Waals surface area contributed by atoms with Crippen LogP contribution in [0, 0.1) is 0 Å². The molecule has 0 spiro atoms. The Balaban J connectivity index is 2.85. The van der Waals surface area contributed by atoms with Gasteiger partial charge in [0.2, 0.25) is 0 Å². The van der Waals surface area contributed by atoms with E-state index in [1.54, 1.807) is 0 Å². The summed E-state index contributed by atoms with van der Waals surface area (Å²) in [7, 11) is -2.97. The zero-order chi connectivity index (χ0) is 21.3. The van der Waals surface area contributed by atoms with E-state index in [4.69, 9.17) is 9.41 Å². The molecule has 0 saturated heterocycles. The number of unbranched alkanes of at least 4 members (excludes halogenated alkanes) is 3. The third-order valence-electron chi connectivity index (χ3n) is 6.70. The van der Waals surface area contributed by atoms with Gasteiger partial charge in [0, 0.05) is 0 Å². The number of hydrogen-bond donors (Lipinski definition) is 0. The Morgan fingerprint density at radius 3 is 1.89 bits per heavy atom. The van der Waals surface area contributed by atoms with Gasteiger partial charge in [0.1, 0.15) is 0 Å². The molecule has 5 heteroatoms. The second-order valence-electron chi connectivity index (χ2n) is 10.3. The van der Waals surface area contributed by atoms with Gasteiger partial charge in [-0.2, -0.15) is 0 Å². The standard InChI is InChI=1S/C23H48NOPSSi/c1-9-12-15-26(16-13-10-2,17-14-11-3)19-21-20-27-22(24-21)18-25-28(7,8)23(4,5)6/h20,26H,9-19H2,1-8H3. The molecular formula is C23H48NOPSSi. The number of aromatic nitrogens is 1. The first-order valence-electron chi connectivity index (χ1n) is 11.7. The van der Waals surface area contributed by atoms with Gasteiger partial charge >= 0.3 is 182 Å².